The van der Waals surface area contributed by atoms with E-state index in [2.05, 4.69) is 5.32 Å². The summed E-state index contributed by atoms with van der Waals surface area (Å²) >= 11 is 0. The van der Waals surface area contributed by atoms with Gasteiger partial charge in [-0.3, -0.25) is 4.79 Å². The number of nitrogens with two attached hydrogens (primary N) is 1. The first kappa shape index (κ1) is 15.1. The van der Waals surface area contributed by atoms with Crippen LogP contribution in [0.25, 0.3) is 0 Å². The third-order valence-corrected chi connectivity index (χ3v) is 2.75. The molecule has 104 valence electrons. The molecule has 1 amide bonds. The summed E-state index contributed by atoms with van der Waals surface area (Å²) in [6, 6.07) is 3.14. The lowest BCUT2D eigenvalue weighted by Gasteiger charge is -2.23. The molecule has 4 N–H and O–H groups in total. The standard InChI is InChI=1S/C13H17FN2O3/c1-3-6-13(2,15)12(19)16-10-5-4-8(14)7-9(10)11(17)18/h4-5,7H,3,6,15H2,1-2H3,(H,16,19)(H,17,18). The molecule has 0 spiro atoms. The molecule has 0 heterocycles. The third-order valence-electron chi connectivity index (χ3n) is 2.75. The van der Waals surface area contributed by atoms with Gasteiger partial charge < -0.3 is 16.2 Å². The third kappa shape index (κ3) is 3.75. The molecule has 0 bridgehead atoms. The lowest BCUT2D eigenvalue weighted by molar-refractivity contribution is -0.120. The molecule has 0 aliphatic heterocycles. The van der Waals surface area contributed by atoms with Gasteiger partial charge in [-0.05, 0) is 31.5 Å². The lowest BCUT2D eigenvalue weighted by Crippen LogP contribution is -2.48. The summed E-state index contributed by atoms with van der Waals surface area (Å²) in [6.07, 6.45) is 1.18. The van der Waals surface area contributed by atoms with Crippen LogP contribution < -0.4 is 11.1 Å². The second-order valence-electron chi connectivity index (χ2n) is 4.62. The molecule has 0 aliphatic rings. The van der Waals surface area contributed by atoms with E-state index in [-0.39, 0.29) is 11.3 Å². The number of carboxylic acids is 1. The molecule has 0 saturated heterocycles. The van der Waals surface area contributed by atoms with Crippen molar-refractivity contribution >= 4 is 17.6 Å². The quantitative estimate of drug-likeness (QED) is 0.761. The molecule has 6 heteroatoms. The number of halogens is 1. The Labute approximate surface area is 110 Å². The molecule has 1 atom stereocenters. The van der Waals surface area contributed by atoms with Crippen LogP contribution in [-0.4, -0.2) is 22.5 Å². The van der Waals surface area contributed by atoms with Gasteiger partial charge in [0.25, 0.3) is 0 Å². The van der Waals surface area contributed by atoms with Crippen molar-refractivity contribution in [3.63, 3.8) is 0 Å². The molecule has 1 rings (SSSR count). The number of hydrogen-bond acceptors (Lipinski definition) is 3. The van der Waals surface area contributed by atoms with E-state index >= 15 is 0 Å². The summed E-state index contributed by atoms with van der Waals surface area (Å²) in [5.74, 6) is -2.49. The number of anilines is 1. The van der Waals surface area contributed by atoms with Gasteiger partial charge >= 0.3 is 5.97 Å². The number of carbonyl (C=O) groups is 2. The number of hydrogen-bond donors (Lipinski definition) is 3. The van der Waals surface area contributed by atoms with Crippen molar-refractivity contribution in [3.05, 3.63) is 29.6 Å². The fourth-order valence-electron chi connectivity index (χ4n) is 1.70. The second-order valence-corrected chi connectivity index (χ2v) is 4.62. The van der Waals surface area contributed by atoms with Gasteiger partial charge in [-0.1, -0.05) is 13.3 Å². The van der Waals surface area contributed by atoms with E-state index in [1.807, 2.05) is 6.92 Å². The first-order valence-corrected chi connectivity index (χ1v) is 5.91. The highest BCUT2D eigenvalue weighted by Gasteiger charge is 2.28. The minimum atomic E-state index is -1.32. The van der Waals surface area contributed by atoms with Crippen LogP contribution in [0, 0.1) is 5.82 Å². The molecule has 0 saturated carbocycles. The smallest absolute Gasteiger partial charge is 0.337 e. The van der Waals surface area contributed by atoms with Crippen molar-refractivity contribution in [2.24, 2.45) is 5.73 Å². The van der Waals surface area contributed by atoms with Gasteiger partial charge in [-0.2, -0.15) is 0 Å². The number of rotatable bonds is 5. The van der Waals surface area contributed by atoms with Crippen molar-refractivity contribution in [3.8, 4) is 0 Å². The first-order chi connectivity index (χ1) is 8.77. The monoisotopic (exact) mass is 268 g/mol. The Balaban J connectivity index is 3.00. The molecule has 1 aromatic carbocycles. The molecular formula is C13H17FN2O3. The molecule has 0 radical (unpaired) electrons. The van der Waals surface area contributed by atoms with Crippen molar-refractivity contribution in [1.82, 2.24) is 0 Å². The highest BCUT2D eigenvalue weighted by atomic mass is 19.1. The van der Waals surface area contributed by atoms with Gasteiger partial charge in [0.1, 0.15) is 5.82 Å². The van der Waals surface area contributed by atoms with Crippen LogP contribution in [0.1, 0.15) is 37.0 Å². The van der Waals surface area contributed by atoms with E-state index in [4.69, 9.17) is 10.8 Å². The van der Waals surface area contributed by atoms with Gasteiger partial charge in [0.2, 0.25) is 5.91 Å². The predicted molar refractivity (Wildman–Crippen MR) is 69.5 cm³/mol. The van der Waals surface area contributed by atoms with Crippen LogP contribution in [0.3, 0.4) is 0 Å². The van der Waals surface area contributed by atoms with Crippen LogP contribution in [0.4, 0.5) is 10.1 Å². The van der Waals surface area contributed by atoms with Crippen LogP contribution >= 0.6 is 0 Å². The zero-order valence-corrected chi connectivity index (χ0v) is 10.9. The summed E-state index contributed by atoms with van der Waals surface area (Å²) in [4.78, 5) is 22.9. The van der Waals surface area contributed by atoms with E-state index in [1.54, 1.807) is 6.92 Å². The van der Waals surface area contributed by atoms with Gasteiger partial charge in [0, 0.05) is 0 Å². The maximum Gasteiger partial charge on any atom is 0.337 e. The summed E-state index contributed by atoms with van der Waals surface area (Å²) in [5.41, 5.74) is 4.47. The van der Waals surface area contributed by atoms with Crippen molar-refractivity contribution in [2.75, 3.05) is 5.32 Å². The second kappa shape index (κ2) is 5.79. The number of benzene rings is 1. The summed E-state index contributed by atoms with van der Waals surface area (Å²) < 4.78 is 13.0. The SMILES string of the molecule is CCCC(C)(N)C(=O)Nc1ccc(F)cc1C(=O)O. The number of nitrogens with one attached hydrogen (secondary N) is 1. The molecule has 0 aromatic heterocycles. The van der Waals surface area contributed by atoms with Crippen molar-refractivity contribution in [1.29, 1.82) is 0 Å². The van der Waals surface area contributed by atoms with Gasteiger partial charge in [-0.25, -0.2) is 9.18 Å². The zero-order chi connectivity index (χ0) is 14.6. The summed E-state index contributed by atoms with van der Waals surface area (Å²) in [7, 11) is 0. The molecule has 0 aliphatic carbocycles. The van der Waals surface area contributed by atoms with Crippen LogP contribution in [0.2, 0.25) is 0 Å². The highest BCUT2D eigenvalue weighted by molar-refractivity contribution is 6.03. The first-order valence-electron chi connectivity index (χ1n) is 5.91. The Morgan fingerprint density at radius 2 is 2.11 bits per heavy atom. The lowest BCUT2D eigenvalue weighted by atomic mass is 9.96. The van der Waals surface area contributed by atoms with Crippen LogP contribution in [0.15, 0.2) is 18.2 Å². The minimum absolute atomic E-state index is 0.0340. The maximum absolute atomic E-state index is 13.0. The molecule has 5 nitrogen and oxygen atoms in total. The molecule has 0 fully saturated rings. The number of amides is 1. The topological polar surface area (TPSA) is 92.4 Å². The summed E-state index contributed by atoms with van der Waals surface area (Å²) in [6.45, 7) is 3.45. The predicted octanol–water partition coefficient (Wildman–Crippen LogP) is 1.98. The Bertz CT molecular complexity index is 501. The Kier molecular flexibility index (Phi) is 4.61. The average Bonchev–Trinajstić information content (AvgIpc) is 2.30. The summed E-state index contributed by atoms with van der Waals surface area (Å²) in [5, 5.41) is 11.4. The Morgan fingerprint density at radius 1 is 1.47 bits per heavy atom. The van der Waals surface area contributed by atoms with E-state index in [0.717, 1.165) is 18.6 Å². The Hall–Kier alpha value is -1.95. The molecule has 1 unspecified atom stereocenters. The normalized spacial score (nSPS) is 13.7. The fourth-order valence-corrected chi connectivity index (χ4v) is 1.70. The molecule has 19 heavy (non-hydrogen) atoms. The van der Waals surface area contributed by atoms with Crippen molar-refractivity contribution < 1.29 is 19.1 Å². The van der Waals surface area contributed by atoms with Crippen LogP contribution in [0.5, 0.6) is 0 Å². The number of aromatic carboxylic acids is 1. The van der Waals surface area contributed by atoms with E-state index in [0.29, 0.717) is 6.42 Å². The van der Waals surface area contributed by atoms with Gasteiger partial charge in [-0.15, -0.1) is 0 Å². The average molecular weight is 268 g/mol. The highest BCUT2D eigenvalue weighted by Crippen LogP contribution is 2.19. The van der Waals surface area contributed by atoms with Gasteiger partial charge in [0.05, 0.1) is 16.8 Å². The maximum atomic E-state index is 13.0. The van der Waals surface area contributed by atoms with Gasteiger partial charge in [0.15, 0.2) is 0 Å². The van der Waals surface area contributed by atoms with E-state index in [1.165, 1.54) is 6.07 Å². The molecule has 1 aromatic rings. The van der Waals surface area contributed by atoms with Crippen LogP contribution in [-0.2, 0) is 4.79 Å². The van der Waals surface area contributed by atoms with Crippen molar-refractivity contribution in [2.45, 2.75) is 32.2 Å². The van der Waals surface area contributed by atoms with E-state index < -0.39 is 23.2 Å². The number of carboxylic acid groups (broad SMARTS) is 1. The molecular weight excluding hydrogens is 251 g/mol. The zero-order valence-electron chi connectivity index (χ0n) is 10.9. The fraction of sp³-hybridized carbons (Fsp3) is 0.385. The Morgan fingerprint density at radius 3 is 2.63 bits per heavy atom. The number of carbonyl (C=O) groups excluding carboxylic acids is 1. The van der Waals surface area contributed by atoms with E-state index in [9.17, 15) is 14.0 Å². The minimum Gasteiger partial charge on any atom is -0.478 e. The largest absolute Gasteiger partial charge is 0.478 e.